The molecule has 12 nitrogen and oxygen atoms in total. The maximum absolute atomic E-state index is 12.1. The summed E-state index contributed by atoms with van der Waals surface area (Å²) in [4.78, 5) is 34.7. The van der Waals surface area contributed by atoms with Gasteiger partial charge in [-0.25, -0.2) is 4.79 Å². The van der Waals surface area contributed by atoms with Crippen molar-refractivity contribution in [3.8, 4) is 11.5 Å². The van der Waals surface area contributed by atoms with Gasteiger partial charge in [-0.05, 0) is 6.92 Å². The topological polar surface area (TPSA) is 169 Å². The lowest BCUT2D eigenvalue weighted by molar-refractivity contribution is -0.384. The van der Waals surface area contributed by atoms with Crippen LogP contribution in [0.25, 0.3) is 0 Å². The molecular weight excluding hydrogens is 376 g/mol. The number of fused-ring (bicyclic) bond motifs is 1. The van der Waals surface area contributed by atoms with Gasteiger partial charge >= 0.3 is 5.97 Å². The third-order valence-corrected chi connectivity index (χ3v) is 3.76. The largest absolute Gasteiger partial charge is 0.489 e. The maximum Gasteiger partial charge on any atom is 0.346 e. The highest BCUT2D eigenvalue weighted by Crippen LogP contribution is 2.39. The number of esters is 1. The quantitative estimate of drug-likeness (QED) is 0.431. The van der Waals surface area contributed by atoms with E-state index in [9.17, 15) is 19.7 Å². The minimum atomic E-state index is -0.903. The van der Waals surface area contributed by atoms with E-state index in [4.69, 9.17) is 19.9 Å². The molecule has 0 aliphatic carbocycles. The first-order valence-electron chi connectivity index (χ1n) is 8.13. The summed E-state index contributed by atoms with van der Waals surface area (Å²) in [5.74, 6) is -1.45. The van der Waals surface area contributed by atoms with E-state index < -0.39 is 23.4 Å². The molecule has 1 amide bonds. The van der Waals surface area contributed by atoms with Crippen LogP contribution in [0.15, 0.2) is 16.7 Å². The Balaban J connectivity index is 1.72. The number of hydrogen-bond donors (Lipinski definition) is 2. The highest BCUT2D eigenvalue weighted by molar-refractivity contribution is 5.99. The molecule has 12 heteroatoms. The summed E-state index contributed by atoms with van der Waals surface area (Å²) in [6, 6.07) is 2.46. The number of aryl methyl sites for hydroxylation is 1. The van der Waals surface area contributed by atoms with Crippen LogP contribution in [0.2, 0.25) is 0 Å². The molecule has 0 radical (unpaired) electrons. The number of ether oxygens (including phenoxy) is 3. The van der Waals surface area contributed by atoms with Crippen LogP contribution in [0.3, 0.4) is 0 Å². The van der Waals surface area contributed by atoms with Crippen LogP contribution in [-0.4, -0.2) is 41.8 Å². The van der Waals surface area contributed by atoms with E-state index in [1.54, 1.807) is 0 Å². The van der Waals surface area contributed by atoms with Crippen molar-refractivity contribution >= 4 is 29.1 Å². The normalized spacial score (nSPS) is 12.8. The molecule has 0 atom stereocenters. The van der Waals surface area contributed by atoms with Gasteiger partial charge in [-0.1, -0.05) is 5.16 Å². The fourth-order valence-electron chi connectivity index (χ4n) is 2.47. The Bertz CT molecular complexity index is 919. The Morgan fingerprint density at radius 2 is 2.00 bits per heavy atom. The number of anilines is 2. The average Bonchev–Trinajstić information content (AvgIpc) is 2.84. The molecule has 1 aromatic heterocycles. The zero-order chi connectivity index (χ0) is 20.3. The number of carbonyl (C=O) groups is 2. The molecule has 3 rings (SSSR count). The Morgan fingerprint density at radius 3 is 2.61 bits per heavy atom. The summed E-state index contributed by atoms with van der Waals surface area (Å²) in [5.41, 5.74) is 5.09. The third-order valence-electron chi connectivity index (χ3n) is 3.76. The lowest BCUT2D eigenvalue weighted by Crippen LogP contribution is -2.22. The molecule has 0 saturated heterocycles. The highest BCUT2D eigenvalue weighted by Gasteiger charge is 2.24. The minimum Gasteiger partial charge on any atom is -0.489 e. The van der Waals surface area contributed by atoms with Gasteiger partial charge in [0.25, 0.3) is 11.6 Å². The van der Waals surface area contributed by atoms with Crippen LogP contribution in [0.1, 0.15) is 22.5 Å². The van der Waals surface area contributed by atoms with Crippen LogP contribution in [0.4, 0.5) is 17.3 Å². The molecule has 2 heterocycles. The van der Waals surface area contributed by atoms with Crippen LogP contribution in [0.5, 0.6) is 11.5 Å². The number of nitro benzene ring substituents is 1. The monoisotopic (exact) mass is 392 g/mol. The number of nitrogens with zero attached hydrogens (tertiary/aromatic N) is 2. The van der Waals surface area contributed by atoms with Crippen molar-refractivity contribution in [3.05, 3.63) is 33.5 Å². The number of benzene rings is 1. The van der Waals surface area contributed by atoms with Crippen molar-refractivity contribution in [2.24, 2.45) is 0 Å². The second-order valence-electron chi connectivity index (χ2n) is 5.76. The van der Waals surface area contributed by atoms with E-state index in [-0.39, 0.29) is 40.0 Å². The number of nitrogens with two attached hydrogens (primary N) is 1. The lowest BCUT2D eigenvalue weighted by atomic mass is 10.2. The Hall–Kier alpha value is -3.83. The molecule has 0 saturated carbocycles. The van der Waals surface area contributed by atoms with Gasteiger partial charge in [0, 0.05) is 12.5 Å². The number of carbonyl (C=O) groups excluding carboxylic acids is 2. The number of nitrogens with one attached hydrogen (secondary N) is 1. The first kappa shape index (κ1) is 18.9. The summed E-state index contributed by atoms with van der Waals surface area (Å²) in [6.45, 7) is 1.51. The predicted molar refractivity (Wildman–Crippen MR) is 93.3 cm³/mol. The van der Waals surface area contributed by atoms with Gasteiger partial charge in [-0.3, -0.25) is 14.9 Å². The summed E-state index contributed by atoms with van der Waals surface area (Å²) in [6.07, 6.45) is 0.617. The van der Waals surface area contributed by atoms with E-state index in [2.05, 4.69) is 15.0 Å². The second-order valence-corrected chi connectivity index (χ2v) is 5.76. The molecule has 148 valence electrons. The van der Waals surface area contributed by atoms with Crippen molar-refractivity contribution in [3.63, 3.8) is 0 Å². The van der Waals surface area contributed by atoms with Crippen molar-refractivity contribution in [2.45, 2.75) is 13.3 Å². The molecule has 2 aromatic rings. The first-order chi connectivity index (χ1) is 13.4. The third kappa shape index (κ3) is 3.95. The number of nitrogen functional groups attached to an aromatic ring is 1. The Labute approximate surface area is 157 Å². The van der Waals surface area contributed by atoms with Gasteiger partial charge in [-0.15, -0.1) is 0 Å². The lowest BCUT2D eigenvalue weighted by Gasteiger charge is -2.11. The van der Waals surface area contributed by atoms with Crippen molar-refractivity contribution in [2.75, 3.05) is 30.9 Å². The summed E-state index contributed by atoms with van der Waals surface area (Å²) in [7, 11) is 0. The average molecular weight is 392 g/mol. The van der Waals surface area contributed by atoms with Crippen LogP contribution in [-0.2, 0) is 9.53 Å². The number of hydrogen-bond acceptors (Lipinski definition) is 10. The van der Waals surface area contributed by atoms with Gasteiger partial charge in [0.1, 0.15) is 11.3 Å². The van der Waals surface area contributed by atoms with Crippen LogP contribution < -0.4 is 20.5 Å². The van der Waals surface area contributed by atoms with Crippen LogP contribution in [0, 0.1) is 17.0 Å². The molecule has 1 aliphatic heterocycles. The molecule has 28 heavy (non-hydrogen) atoms. The van der Waals surface area contributed by atoms with E-state index in [1.807, 2.05) is 0 Å². The van der Waals surface area contributed by atoms with Crippen molar-refractivity contribution in [1.29, 1.82) is 0 Å². The fourth-order valence-corrected chi connectivity index (χ4v) is 2.47. The number of nitro groups is 1. The standard InChI is InChI=1S/C16H16N4O8/c1-8-14(15(17)28-19-8)16(22)27-7-13(21)18-9-5-11-12(6-10(9)20(23)24)26-4-2-3-25-11/h5-6H,2-4,7,17H2,1H3,(H,18,21). The minimum absolute atomic E-state index is 0.0886. The highest BCUT2D eigenvalue weighted by atomic mass is 16.6. The van der Waals surface area contributed by atoms with Crippen molar-refractivity contribution < 1.29 is 33.2 Å². The predicted octanol–water partition coefficient (Wildman–Crippen LogP) is 1.43. The van der Waals surface area contributed by atoms with E-state index in [0.717, 1.165) is 0 Å². The Morgan fingerprint density at radius 1 is 1.32 bits per heavy atom. The molecule has 0 fully saturated rings. The van der Waals surface area contributed by atoms with E-state index in [0.29, 0.717) is 19.6 Å². The van der Waals surface area contributed by atoms with E-state index in [1.165, 1.54) is 19.1 Å². The zero-order valence-electron chi connectivity index (χ0n) is 14.7. The molecule has 0 spiro atoms. The Kier molecular flexibility index (Phi) is 5.29. The van der Waals surface area contributed by atoms with Gasteiger partial charge in [-0.2, -0.15) is 0 Å². The number of aromatic nitrogens is 1. The number of amides is 1. The molecule has 1 aromatic carbocycles. The molecular formula is C16H16N4O8. The summed E-state index contributed by atoms with van der Waals surface area (Å²) >= 11 is 0. The SMILES string of the molecule is Cc1noc(N)c1C(=O)OCC(=O)Nc1cc2c(cc1[N+](=O)[O-])OCCCO2. The molecule has 0 unspecified atom stereocenters. The molecule has 0 bridgehead atoms. The zero-order valence-corrected chi connectivity index (χ0v) is 14.7. The van der Waals surface area contributed by atoms with E-state index >= 15 is 0 Å². The fraction of sp³-hybridized carbons (Fsp3) is 0.312. The second kappa shape index (κ2) is 7.82. The van der Waals surface area contributed by atoms with Gasteiger partial charge < -0.3 is 29.8 Å². The van der Waals surface area contributed by atoms with Crippen LogP contribution >= 0.6 is 0 Å². The summed E-state index contributed by atoms with van der Waals surface area (Å²) < 4.78 is 20.4. The first-order valence-corrected chi connectivity index (χ1v) is 8.13. The van der Waals surface area contributed by atoms with Gasteiger partial charge in [0.15, 0.2) is 18.1 Å². The number of rotatable bonds is 5. The molecule has 1 aliphatic rings. The van der Waals surface area contributed by atoms with Crippen molar-refractivity contribution in [1.82, 2.24) is 5.16 Å². The maximum atomic E-state index is 12.1. The molecule has 3 N–H and O–H groups in total. The summed E-state index contributed by atoms with van der Waals surface area (Å²) in [5, 5.41) is 17.2. The van der Waals surface area contributed by atoms with Gasteiger partial charge in [0.2, 0.25) is 5.88 Å². The smallest absolute Gasteiger partial charge is 0.346 e. The van der Waals surface area contributed by atoms with Gasteiger partial charge in [0.05, 0.1) is 29.9 Å².